The zero-order valence-corrected chi connectivity index (χ0v) is 11.0. The van der Waals surface area contributed by atoms with Crippen LogP contribution in [0.25, 0.3) is 0 Å². The molecule has 0 spiro atoms. The first kappa shape index (κ1) is 12.9. The molecule has 1 aliphatic carbocycles. The van der Waals surface area contributed by atoms with E-state index in [1.54, 1.807) is 30.3 Å². The molecule has 17 heavy (non-hydrogen) atoms. The van der Waals surface area contributed by atoms with Gasteiger partial charge in [0.2, 0.25) is 10.0 Å². The molecular formula is C12H16ClNO2S. The lowest BCUT2D eigenvalue weighted by atomic mass is 10.1. The second-order valence-electron chi connectivity index (χ2n) is 4.44. The van der Waals surface area contributed by atoms with E-state index in [1.807, 2.05) is 0 Å². The number of hydrogen-bond acceptors (Lipinski definition) is 2. The Hall–Kier alpha value is -0.580. The monoisotopic (exact) mass is 273 g/mol. The molecule has 1 aliphatic rings. The van der Waals surface area contributed by atoms with Crippen molar-refractivity contribution < 1.29 is 8.42 Å². The minimum atomic E-state index is -3.36. The SMILES string of the molecule is O=S(=O)(NCC1CCC(Cl)C1)c1ccccc1. The van der Waals surface area contributed by atoms with Crippen molar-refractivity contribution in [2.24, 2.45) is 5.92 Å². The van der Waals surface area contributed by atoms with Crippen LogP contribution in [0, 0.1) is 5.92 Å². The zero-order valence-electron chi connectivity index (χ0n) is 9.47. The van der Waals surface area contributed by atoms with Crippen LogP contribution in [0.15, 0.2) is 35.2 Å². The third-order valence-electron chi connectivity index (χ3n) is 3.09. The van der Waals surface area contributed by atoms with Crippen molar-refractivity contribution in [1.29, 1.82) is 0 Å². The van der Waals surface area contributed by atoms with E-state index >= 15 is 0 Å². The van der Waals surface area contributed by atoms with Gasteiger partial charge in [-0.15, -0.1) is 11.6 Å². The van der Waals surface area contributed by atoms with Crippen molar-refractivity contribution in [3.05, 3.63) is 30.3 Å². The first-order valence-electron chi connectivity index (χ1n) is 5.77. The summed E-state index contributed by atoms with van der Waals surface area (Å²) in [5, 5.41) is 0.209. The van der Waals surface area contributed by atoms with Gasteiger partial charge in [0.1, 0.15) is 0 Å². The Balaban J connectivity index is 1.95. The summed E-state index contributed by atoms with van der Waals surface area (Å²) in [6.07, 6.45) is 2.89. The maximum absolute atomic E-state index is 11.9. The largest absolute Gasteiger partial charge is 0.240 e. The van der Waals surface area contributed by atoms with Gasteiger partial charge in [-0.2, -0.15) is 0 Å². The van der Waals surface area contributed by atoms with Crippen LogP contribution in [0.5, 0.6) is 0 Å². The minimum absolute atomic E-state index is 0.209. The third-order valence-corrected chi connectivity index (χ3v) is 4.93. The Bertz CT molecular complexity index is 461. The highest BCUT2D eigenvalue weighted by Crippen LogP contribution is 2.29. The Morgan fingerprint density at radius 1 is 1.24 bits per heavy atom. The number of benzene rings is 1. The van der Waals surface area contributed by atoms with Crippen molar-refractivity contribution in [2.45, 2.75) is 29.5 Å². The fourth-order valence-corrected chi connectivity index (χ4v) is 3.63. The fourth-order valence-electron chi connectivity index (χ4n) is 2.11. The summed E-state index contributed by atoms with van der Waals surface area (Å²) in [6, 6.07) is 8.44. The molecular weight excluding hydrogens is 258 g/mol. The number of alkyl halides is 1. The molecule has 1 aromatic rings. The molecule has 1 fully saturated rings. The lowest BCUT2D eigenvalue weighted by molar-refractivity contribution is 0.520. The maximum atomic E-state index is 11.9. The highest BCUT2D eigenvalue weighted by Gasteiger charge is 2.24. The van der Waals surface area contributed by atoms with Gasteiger partial charge < -0.3 is 0 Å². The van der Waals surface area contributed by atoms with Gasteiger partial charge in [0, 0.05) is 11.9 Å². The minimum Gasteiger partial charge on any atom is -0.211 e. The summed E-state index contributed by atoms with van der Waals surface area (Å²) in [5.41, 5.74) is 0. The number of halogens is 1. The highest BCUT2D eigenvalue weighted by molar-refractivity contribution is 7.89. The van der Waals surface area contributed by atoms with Crippen LogP contribution in [-0.4, -0.2) is 20.3 Å². The van der Waals surface area contributed by atoms with E-state index in [-0.39, 0.29) is 5.38 Å². The van der Waals surface area contributed by atoms with Crippen molar-refractivity contribution in [3.8, 4) is 0 Å². The average Bonchev–Trinajstić information content (AvgIpc) is 2.74. The second kappa shape index (κ2) is 5.38. The molecule has 0 saturated heterocycles. The smallest absolute Gasteiger partial charge is 0.211 e. The lowest BCUT2D eigenvalue weighted by Crippen LogP contribution is -2.28. The van der Waals surface area contributed by atoms with Crippen molar-refractivity contribution in [3.63, 3.8) is 0 Å². The Kier molecular flexibility index (Phi) is 4.07. The van der Waals surface area contributed by atoms with Crippen LogP contribution in [0.3, 0.4) is 0 Å². The topological polar surface area (TPSA) is 46.2 Å². The summed E-state index contributed by atoms with van der Waals surface area (Å²) in [5.74, 6) is 0.371. The summed E-state index contributed by atoms with van der Waals surface area (Å²) in [6.45, 7) is 0.487. The Labute approximate surface area is 107 Å². The quantitative estimate of drug-likeness (QED) is 0.856. The molecule has 2 unspecified atom stereocenters. The van der Waals surface area contributed by atoms with Crippen LogP contribution >= 0.6 is 11.6 Å². The molecule has 2 atom stereocenters. The molecule has 1 saturated carbocycles. The van der Waals surface area contributed by atoms with Crippen LogP contribution in [-0.2, 0) is 10.0 Å². The van der Waals surface area contributed by atoms with Crippen molar-refractivity contribution in [2.75, 3.05) is 6.54 Å². The number of nitrogens with one attached hydrogen (secondary N) is 1. The second-order valence-corrected chi connectivity index (χ2v) is 6.83. The molecule has 0 amide bonds. The maximum Gasteiger partial charge on any atom is 0.240 e. The molecule has 3 nitrogen and oxygen atoms in total. The van der Waals surface area contributed by atoms with Gasteiger partial charge in [-0.1, -0.05) is 18.2 Å². The van der Waals surface area contributed by atoms with Gasteiger partial charge in [0.25, 0.3) is 0 Å². The number of hydrogen-bond donors (Lipinski definition) is 1. The zero-order chi connectivity index (χ0) is 12.3. The molecule has 1 N–H and O–H groups in total. The molecule has 0 bridgehead atoms. The molecule has 0 radical (unpaired) electrons. The van der Waals surface area contributed by atoms with E-state index in [0.29, 0.717) is 17.4 Å². The predicted octanol–water partition coefficient (Wildman–Crippen LogP) is 2.37. The van der Waals surface area contributed by atoms with E-state index in [4.69, 9.17) is 11.6 Å². The molecule has 0 aromatic heterocycles. The van der Waals surface area contributed by atoms with Crippen LogP contribution in [0.4, 0.5) is 0 Å². The summed E-state index contributed by atoms with van der Waals surface area (Å²) < 4.78 is 26.5. The van der Waals surface area contributed by atoms with Gasteiger partial charge in [-0.05, 0) is 37.3 Å². The summed E-state index contributed by atoms with van der Waals surface area (Å²) in [4.78, 5) is 0.320. The van der Waals surface area contributed by atoms with E-state index < -0.39 is 10.0 Å². The van der Waals surface area contributed by atoms with Crippen LogP contribution in [0.2, 0.25) is 0 Å². The molecule has 0 heterocycles. The third kappa shape index (κ3) is 3.44. The van der Waals surface area contributed by atoms with Crippen LogP contribution < -0.4 is 4.72 Å². The summed E-state index contributed by atoms with van der Waals surface area (Å²) in [7, 11) is -3.36. The lowest BCUT2D eigenvalue weighted by Gasteiger charge is -2.11. The fraction of sp³-hybridized carbons (Fsp3) is 0.500. The van der Waals surface area contributed by atoms with E-state index in [9.17, 15) is 8.42 Å². The van der Waals surface area contributed by atoms with E-state index in [0.717, 1.165) is 19.3 Å². The standard InChI is InChI=1S/C12H16ClNO2S/c13-11-7-6-10(8-11)9-14-17(15,16)12-4-2-1-3-5-12/h1-5,10-11,14H,6-9H2. The molecule has 1 aromatic carbocycles. The Morgan fingerprint density at radius 3 is 2.53 bits per heavy atom. The van der Waals surface area contributed by atoms with Gasteiger partial charge >= 0.3 is 0 Å². The number of rotatable bonds is 4. The van der Waals surface area contributed by atoms with E-state index in [1.165, 1.54) is 0 Å². The van der Waals surface area contributed by atoms with Gasteiger partial charge in [-0.25, -0.2) is 13.1 Å². The normalized spacial score (nSPS) is 25.0. The van der Waals surface area contributed by atoms with Gasteiger partial charge in [-0.3, -0.25) is 0 Å². The molecule has 5 heteroatoms. The number of sulfonamides is 1. The summed E-state index contributed by atoms with van der Waals surface area (Å²) >= 11 is 6.00. The first-order valence-corrected chi connectivity index (χ1v) is 7.68. The molecule has 94 valence electrons. The van der Waals surface area contributed by atoms with Crippen molar-refractivity contribution in [1.82, 2.24) is 4.72 Å². The van der Waals surface area contributed by atoms with Gasteiger partial charge in [0.15, 0.2) is 0 Å². The van der Waals surface area contributed by atoms with Crippen molar-refractivity contribution >= 4 is 21.6 Å². The predicted molar refractivity (Wildman–Crippen MR) is 68.6 cm³/mol. The molecule has 0 aliphatic heterocycles. The van der Waals surface area contributed by atoms with E-state index in [2.05, 4.69) is 4.72 Å². The average molecular weight is 274 g/mol. The van der Waals surface area contributed by atoms with Crippen LogP contribution in [0.1, 0.15) is 19.3 Å². The Morgan fingerprint density at radius 2 is 1.94 bits per heavy atom. The first-order chi connectivity index (χ1) is 8.08. The van der Waals surface area contributed by atoms with Gasteiger partial charge in [0.05, 0.1) is 4.90 Å². The molecule has 2 rings (SSSR count). The highest BCUT2D eigenvalue weighted by atomic mass is 35.5.